The smallest absolute Gasteiger partial charge is 0.266 e. The van der Waals surface area contributed by atoms with Gasteiger partial charge in [0.05, 0.1) is 17.9 Å². The highest BCUT2D eigenvalue weighted by molar-refractivity contribution is 7.15. The molecule has 0 saturated carbocycles. The molecule has 0 aliphatic carbocycles. The molecule has 1 aliphatic rings. The molecule has 0 N–H and O–H groups in total. The Bertz CT molecular complexity index is 746. The maximum absolute atomic E-state index is 12.0. The number of hydrogen-bond donors (Lipinski definition) is 0. The number of aromatic nitrogens is 3. The van der Waals surface area contributed by atoms with Gasteiger partial charge < -0.3 is 4.90 Å². The van der Waals surface area contributed by atoms with Crippen molar-refractivity contribution in [1.29, 1.82) is 0 Å². The third kappa shape index (κ3) is 3.32. The number of aryl methyl sites for hydroxylation is 2. The molecule has 0 bridgehead atoms. The summed E-state index contributed by atoms with van der Waals surface area (Å²) in [7, 11) is 0. The van der Waals surface area contributed by atoms with Crippen molar-refractivity contribution in [3.63, 3.8) is 0 Å². The summed E-state index contributed by atoms with van der Waals surface area (Å²) in [5.74, 6) is 0.458. The topological polar surface area (TPSA) is 51.0 Å². The van der Waals surface area contributed by atoms with Crippen LogP contribution in [0.25, 0.3) is 0 Å². The molecule has 0 radical (unpaired) electrons. The third-order valence-electron chi connectivity index (χ3n) is 4.31. The van der Waals surface area contributed by atoms with Gasteiger partial charge in [0.2, 0.25) is 0 Å². The minimum atomic E-state index is -0.0446. The van der Waals surface area contributed by atoms with Gasteiger partial charge in [0, 0.05) is 35.4 Å². The van der Waals surface area contributed by atoms with Gasteiger partial charge in [0.15, 0.2) is 5.13 Å². The Kier molecular flexibility index (Phi) is 4.04. The minimum Gasteiger partial charge on any atom is -0.347 e. The van der Waals surface area contributed by atoms with Crippen LogP contribution in [0.2, 0.25) is 0 Å². The fourth-order valence-electron chi connectivity index (χ4n) is 2.66. The molecule has 0 aromatic carbocycles. The lowest BCUT2D eigenvalue weighted by Crippen LogP contribution is -2.49. The molecular weight excluding hydrogens is 308 g/mol. The van der Waals surface area contributed by atoms with Crippen molar-refractivity contribution < 1.29 is 0 Å². The summed E-state index contributed by atoms with van der Waals surface area (Å²) in [5.41, 5.74) is 2.01. The highest BCUT2D eigenvalue weighted by Gasteiger charge is 2.30. The van der Waals surface area contributed by atoms with Crippen LogP contribution in [-0.2, 0) is 12.0 Å². The van der Waals surface area contributed by atoms with E-state index in [1.807, 2.05) is 13.0 Å². The van der Waals surface area contributed by atoms with Gasteiger partial charge in [-0.3, -0.25) is 4.79 Å². The first kappa shape index (κ1) is 16.2. The highest BCUT2D eigenvalue weighted by Crippen LogP contribution is 2.31. The molecule has 2 aromatic rings. The van der Waals surface area contributed by atoms with Crippen molar-refractivity contribution in [1.82, 2.24) is 14.8 Å². The van der Waals surface area contributed by atoms with Crippen LogP contribution in [0.5, 0.6) is 0 Å². The minimum absolute atomic E-state index is 0.0163. The SMILES string of the molecule is Cc1nc(N2CC(Cn3nc(C(C)(C)C)ccc3=O)C2)sc1C. The predicted octanol–water partition coefficient (Wildman–Crippen LogP) is 2.75. The van der Waals surface area contributed by atoms with Gasteiger partial charge in [-0.05, 0) is 19.9 Å². The van der Waals surface area contributed by atoms with Gasteiger partial charge in [0.1, 0.15) is 0 Å². The van der Waals surface area contributed by atoms with Crippen molar-refractivity contribution in [2.45, 2.75) is 46.6 Å². The summed E-state index contributed by atoms with van der Waals surface area (Å²) in [4.78, 5) is 20.2. The number of rotatable bonds is 3. The summed E-state index contributed by atoms with van der Waals surface area (Å²) in [6.07, 6.45) is 0. The van der Waals surface area contributed by atoms with Crippen LogP contribution >= 0.6 is 11.3 Å². The normalized spacial score (nSPS) is 15.8. The molecule has 5 nitrogen and oxygen atoms in total. The van der Waals surface area contributed by atoms with Crippen LogP contribution in [-0.4, -0.2) is 27.9 Å². The Morgan fingerprint density at radius 3 is 2.52 bits per heavy atom. The standard InChI is InChI=1S/C17H24N4OS/c1-11-12(2)23-16(18-11)20-8-13(9-20)10-21-15(22)7-6-14(19-21)17(3,4)5/h6-7,13H,8-10H2,1-5H3. The number of anilines is 1. The Labute approximate surface area is 141 Å². The molecule has 0 atom stereocenters. The second-order valence-electron chi connectivity index (χ2n) is 7.40. The van der Waals surface area contributed by atoms with Gasteiger partial charge in [0.25, 0.3) is 5.56 Å². The summed E-state index contributed by atoms with van der Waals surface area (Å²) >= 11 is 1.75. The first-order chi connectivity index (χ1) is 10.7. The molecular formula is C17H24N4OS. The first-order valence-corrected chi connectivity index (χ1v) is 8.83. The van der Waals surface area contributed by atoms with Crippen molar-refractivity contribution in [3.05, 3.63) is 38.8 Å². The Morgan fingerprint density at radius 2 is 1.96 bits per heavy atom. The van der Waals surface area contributed by atoms with Crippen LogP contribution in [0.4, 0.5) is 5.13 Å². The lowest BCUT2D eigenvalue weighted by molar-refractivity contribution is 0.329. The van der Waals surface area contributed by atoms with Crippen LogP contribution < -0.4 is 10.5 Å². The molecule has 1 aliphatic heterocycles. The quantitative estimate of drug-likeness (QED) is 0.867. The van der Waals surface area contributed by atoms with E-state index in [4.69, 9.17) is 0 Å². The van der Waals surface area contributed by atoms with Crippen LogP contribution in [0.3, 0.4) is 0 Å². The second-order valence-corrected chi connectivity index (χ2v) is 8.58. The summed E-state index contributed by atoms with van der Waals surface area (Å²) in [5, 5.41) is 5.65. The molecule has 3 rings (SSSR count). The molecule has 6 heteroatoms. The van der Waals surface area contributed by atoms with Gasteiger partial charge in [-0.15, -0.1) is 11.3 Å². The Hall–Kier alpha value is -1.69. The number of hydrogen-bond acceptors (Lipinski definition) is 5. The maximum atomic E-state index is 12.0. The fourth-order valence-corrected chi connectivity index (χ4v) is 3.58. The average molecular weight is 332 g/mol. The fraction of sp³-hybridized carbons (Fsp3) is 0.588. The van der Waals surface area contributed by atoms with Crippen molar-refractivity contribution in [2.24, 2.45) is 5.92 Å². The molecule has 1 saturated heterocycles. The maximum Gasteiger partial charge on any atom is 0.266 e. The zero-order chi connectivity index (χ0) is 16.8. The molecule has 124 valence electrons. The molecule has 23 heavy (non-hydrogen) atoms. The number of nitrogens with zero attached hydrogens (tertiary/aromatic N) is 4. The van der Waals surface area contributed by atoms with E-state index < -0.39 is 0 Å². The third-order valence-corrected chi connectivity index (χ3v) is 5.44. The molecule has 2 aromatic heterocycles. The molecule has 0 amide bonds. The first-order valence-electron chi connectivity index (χ1n) is 8.01. The average Bonchev–Trinajstić information content (AvgIpc) is 2.73. The molecule has 0 spiro atoms. The Morgan fingerprint density at radius 1 is 1.26 bits per heavy atom. The van der Waals surface area contributed by atoms with Crippen LogP contribution in [0.1, 0.15) is 37.0 Å². The van der Waals surface area contributed by atoms with Crippen molar-refractivity contribution in [2.75, 3.05) is 18.0 Å². The van der Waals surface area contributed by atoms with Crippen molar-refractivity contribution in [3.8, 4) is 0 Å². The van der Waals surface area contributed by atoms with E-state index in [9.17, 15) is 4.79 Å². The zero-order valence-electron chi connectivity index (χ0n) is 14.5. The van der Waals surface area contributed by atoms with E-state index in [2.05, 4.69) is 42.7 Å². The molecule has 0 unspecified atom stereocenters. The Balaban J connectivity index is 1.67. The van der Waals surface area contributed by atoms with E-state index in [1.54, 1.807) is 22.1 Å². The lowest BCUT2D eigenvalue weighted by Gasteiger charge is -2.39. The molecule has 1 fully saturated rings. The van der Waals surface area contributed by atoms with E-state index in [0.717, 1.165) is 29.6 Å². The lowest BCUT2D eigenvalue weighted by atomic mass is 9.92. The summed E-state index contributed by atoms with van der Waals surface area (Å²) < 4.78 is 1.63. The zero-order valence-corrected chi connectivity index (χ0v) is 15.3. The summed E-state index contributed by atoms with van der Waals surface area (Å²) in [6.45, 7) is 13.1. The monoisotopic (exact) mass is 332 g/mol. The van der Waals surface area contributed by atoms with Gasteiger partial charge >= 0.3 is 0 Å². The van der Waals surface area contributed by atoms with E-state index in [0.29, 0.717) is 12.5 Å². The second kappa shape index (κ2) is 5.74. The molecule has 3 heterocycles. The van der Waals surface area contributed by atoms with Crippen molar-refractivity contribution >= 4 is 16.5 Å². The largest absolute Gasteiger partial charge is 0.347 e. The van der Waals surface area contributed by atoms with E-state index >= 15 is 0 Å². The van der Waals surface area contributed by atoms with Crippen LogP contribution in [0, 0.1) is 19.8 Å². The van der Waals surface area contributed by atoms with E-state index in [-0.39, 0.29) is 11.0 Å². The van der Waals surface area contributed by atoms with Gasteiger partial charge in [-0.1, -0.05) is 20.8 Å². The highest BCUT2D eigenvalue weighted by atomic mass is 32.1. The van der Waals surface area contributed by atoms with Crippen LogP contribution in [0.15, 0.2) is 16.9 Å². The van der Waals surface area contributed by atoms with Gasteiger partial charge in [-0.25, -0.2) is 9.67 Å². The number of thiazole rings is 1. The van der Waals surface area contributed by atoms with E-state index in [1.165, 1.54) is 4.88 Å². The van der Waals surface area contributed by atoms with Gasteiger partial charge in [-0.2, -0.15) is 5.10 Å². The summed E-state index contributed by atoms with van der Waals surface area (Å²) in [6, 6.07) is 3.48. The predicted molar refractivity (Wildman–Crippen MR) is 94.5 cm³/mol.